The zero-order valence-electron chi connectivity index (χ0n) is 18.5. The molecule has 0 bridgehead atoms. The summed E-state index contributed by atoms with van der Waals surface area (Å²) in [7, 11) is 0. The molecule has 3 aromatic rings. The molecule has 1 heterocycles. The minimum atomic E-state index is -0.537. The first-order valence-corrected chi connectivity index (χ1v) is 11.6. The van der Waals surface area contributed by atoms with Gasteiger partial charge in [-0.2, -0.15) is 0 Å². The van der Waals surface area contributed by atoms with E-state index in [4.69, 9.17) is 4.74 Å². The van der Waals surface area contributed by atoms with Crippen LogP contribution in [0.2, 0.25) is 0 Å². The van der Waals surface area contributed by atoms with Crippen LogP contribution >= 0.6 is 0 Å². The van der Waals surface area contributed by atoms with Gasteiger partial charge < -0.3 is 9.64 Å². The molecule has 0 radical (unpaired) electrons. The lowest BCUT2D eigenvalue weighted by Crippen LogP contribution is -2.41. The van der Waals surface area contributed by atoms with Crippen LogP contribution in [0.25, 0.3) is 0 Å². The topological polar surface area (TPSA) is 49.9 Å². The molecule has 0 spiro atoms. The van der Waals surface area contributed by atoms with Crippen LogP contribution in [0.4, 0.5) is 9.59 Å². The lowest BCUT2D eigenvalue weighted by Gasteiger charge is -2.23. The smallest absolute Gasteiger partial charge is 0.418 e. The van der Waals surface area contributed by atoms with Crippen molar-refractivity contribution in [1.82, 2.24) is 9.80 Å². The Hall–Kier alpha value is -3.60. The molecule has 33 heavy (non-hydrogen) atoms. The van der Waals surface area contributed by atoms with Crippen LogP contribution in [0.1, 0.15) is 41.9 Å². The number of nitrogens with zero attached hydrogens (tertiary/aromatic N) is 2. The first-order chi connectivity index (χ1) is 16.2. The fourth-order valence-corrected chi connectivity index (χ4v) is 4.83. The summed E-state index contributed by atoms with van der Waals surface area (Å²) in [6.45, 7) is 0.829. The van der Waals surface area contributed by atoms with Gasteiger partial charge in [0.2, 0.25) is 0 Å². The fourth-order valence-electron chi connectivity index (χ4n) is 4.83. The second-order valence-corrected chi connectivity index (χ2v) is 8.77. The molecule has 5 heteroatoms. The Kier molecular flexibility index (Phi) is 6.11. The molecular formula is C28H28N2O3. The third kappa shape index (κ3) is 4.63. The molecule has 1 saturated heterocycles. The Morgan fingerprint density at radius 3 is 2.03 bits per heavy atom. The average Bonchev–Trinajstić information content (AvgIpc) is 3.59. The van der Waals surface area contributed by atoms with E-state index in [1.165, 1.54) is 16.0 Å². The van der Waals surface area contributed by atoms with Gasteiger partial charge in [0.1, 0.15) is 6.61 Å². The highest BCUT2D eigenvalue weighted by molar-refractivity contribution is 5.95. The molecule has 2 atom stereocenters. The summed E-state index contributed by atoms with van der Waals surface area (Å²) in [5.74, 6) is 0.284. The predicted octanol–water partition coefficient (Wildman–Crippen LogP) is 5.81. The molecule has 3 amide bonds. The summed E-state index contributed by atoms with van der Waals surface area (Å²) in [5.41, 5.74) is 3.48. The first-order valence-electron chi connectivity index (χ1n) is 11.6. The molecule has 2 aliphatic rings. The highest BCUT2D eigenvalue weighted by Crippen LogP contribution is 2.42. The van der Waals surface area contributed by atoms with Crippen LogP contribution in [0.5, 0.6) is 0 Å². The van der Waals surface area contributed by atoms with Crippen molar-refractivity contribution in [3.63, 3.8) is 0 Å². The van der Waals surface area contributed by atoms with E-state index < -0.39 is 6.09 Å². The minimum absolute atomic E-state index is 0.0418. The van der Waals surface area contributed by atoms with Crippen LogP contribution < -0.4 is 0 Å². The van der Waals surface area contributed by atoms with Gasteiger partial charge in [-0.1, -0.05) is 91.0 Å². The number of fused-ring (bicyclic) bond motifs is 1. The van der Waals surface area contributed by atoms with E-state index in [0.29, 0.717) is 6.54 Å². The Balaban J connectivity index is 1.19. The van der Waals surface area contributed by atoms with Crippen LogP contribution in [0, 0.1) is 0 Å². The maximum absolute atomic E-state index is 13.0. The van der Waals surface area contributed by atoms with Crippen molar-refractivity contribution >= 4 is 12.1 Å². The monoisotopic (exact) mass is 440 g/mol. The molecule has 1 aliphatic carbocycles. The quantitative estimate of drug-likeness (QED) is 0.444. The molecular weight excluding hydrogens is 412 g/mol. The Morgan fingerprint density at radius 2 is 1.42 bits per heavy atom. The summed E-state index contributed by atoms with van der Waals surface area (Å²) >= 11 is 0. The van der Waals surface area contributed by atoms with E-state index in [1.807, 2.05) is 47.4 Å². The minimum Gasteiger partial charge on any atom is -0.444 e. The van der Waals surface area contributed by atoms with Gasteiger partial charge in [0.05, 0.1) is 12.1 Å². The van der Waals surface area contributed by atoms with Gasteiger partial charge in [-0.15, -0.1) is 0 Å². The van der Waals surface area contributed by atoms with Crippen LogP contribution in [-0.4, -0.2) is 40.6 Å². The highest BCUT2D eigenvalue weighted by Gasteiger charge is 2.59. The van der Waals surface area contributed by atoms with Crippen LogP contribution in [-0.2, 0) is 11.3 Å². The number of carbonyl (C=O) groups is 2. The van der Waals surface area contributed by atoms with E-state index in [1.54, 1.807) is 0 Å². The maximum Gasteiger partial charge on any atom is 0.418 e. The number of hydrogen-bond donors (Lipinski definition) is 0. The Bertz CT molecular complexity index is 1050. The molecule has 0 unspecified atom stereocenters. The lowest BCUT2D eigenvalue weighted by atomic mass is 9.87. The predicted molar refractivity (Wildman–Crippen MR) is 127 cm³/mol. The van der Waals surface area contributed by atoms with Crippen molar-refractivity contribution < 1.29 is 14.3 Å². The van der Waals surface area contributed by atoms with Gasteiger partial charge in [-0.05, 0) is 36.0 Å². The molecule has 0 N–H and O–H groups in total. The number of hydrogen-bond acceptors (Lipinski definition) is 3. The van der Waals surface area contributed by atoms with Crippen molar-refractivity contribution in [2.75, 3.05) is 6.54 Å². The lowest BCUT2D eigenvalue weighted by molar-refractivity contribution is 0.102. The molecule has 1 aliphatic heterocycles. The number of urea groups is 1. The van der Waals surface area contributed by atoms with Gasteiger partial charge in [-0.25, -0.2) is 14.5 Å². The van der Waals surface area contributed by atoms with Crippen LogP contribution in [0.3, 0.4) is 0 Å². The van der Waals surface area contributed by atoms with Crippen molar-refractivity contribution in [2.24, 2.45) is 0 Å². The summed E-state index contributed by atoms with van der Waals surface area (Å²) in [5, 5.41) is 0. The number of amides is 3. The second kappa shape index (κ2) is 9.49. The van der Waals surface area contributed by atoms with Gasteiger partial charge in [-0.3, -0.25) is 0 Å². The SMILES string of the molecule is O=C(OCc1ccccc1)N1C(=O)N(CCCC(c2ccccc2)c2ccccc2)[C@H]2C[C@H]21. The largest absolute Gasteiger partial charge is 0.444 e. The number of carbonyl (C=O) groups excluding carboxylic acids is 2. The molecule has 0 aromatic heterocycles. The molecule has 1 saturated carbocycles. The summed E-state index contributed by atoms with van der Waals surface area (Å²) in [6, 6.07) is 30.4. The number of imide groups is 1. The highest BCUT2D eigenvalue weighted by atomic mass is 16.6. The van der Waals surface area contributed by atoms with Gasteiger partial charge in [0, 0.05) is 12.5 Å². The normalized spacial score (nSPS) is 19.0. The van der Waals surface area contributed by atoms with E-state index in [9.17, 15) is 9.59 Å². The fraction of sp³-hybridized carbons (Fsp3) is 0.286. The van der Waals surface area contributed by atoms with Crippen molar-refractivity contribution in [2.45, 2.75) is 43.9 Å². The number of ether oxygens (including phenoxy) is 1. The van der Waals surface area contributed by atoms with Gasteiger partial charge >= 0.3 is 12.1 Å². The van der Waals surface area contributed by atoms with Crippen molar-refractivity contribution in [3.05, 3.63) is 108 Å². The third-order valence-corrected chi connectivity index (χ3v) is 6.61. The summed E-state index contributed by atoms with van der Waals surface area (Å²) in [4.78, 5) is 28.8. The van der Waals surface area contributed by atoms with Crippen LogP contribution in [0.15, 0.2) is 91.0 Å². The Morgan fingerprint density at radius 1 is 0.848 bits per heavy atom. The van der Waals surface area contributed by atoms with E-state index in [2.05, 4.69) is 48.5 Å². The molecule has 168 valence electrons. The maximum atomic E-state index is 13.0. The second-order valence-electron chi connectivity index (χ2n) is 8.77. The van der Waals surface area contributed by atoms with Crippen molar-refractivity contribution in [1.29, 1.82) is 0 Å². The number of rotatable bonds is 8. The average molecular weight is 441 g/mol. The zero-order valence-corrected chi connectivity index (χ0v) is 18.5. The molecule has 5 nitrogen and oxygen atoms in total. The standard InChI is InChI=1S/C28H28N2O3/c31-27-29(25-19-26(25)30(27)28(32)33-20-21-11-4-1-5-12-21)18-10-17-24(22-13-6-2-7-14-22)23-15-8-3-9-16-23/h1-9,11-16,24-26H,10,17-20H2/t25-,26+/m0/s1. The zero-order chi connectivity index (χ0) is 22.6. The molecule has 3 aromatic carbocycles. The van der Waals surface area contributed by atoms with E-state index in [0.717, 1.165) is 24.8 Å². The summed E-state index contributed by atoms with van der Waals surface area (Å²) in [6.07, 6.45) is 2.11. The van der Waals surface area contributed by atoms with Gasteiger partial charge in [0.25, 0.3) is 0 Å². The van der Waals surface area contributed by atoms with E-state index >= 15 is 0 Å². The Labute approximate surface area is 194 Å². The summed E-state index contributed by atoms with van der Waals surface area (Å²) < 4.78 is 5.43. The molecule has 5 rings (SSSR count). The first kappa shape index (κ1) is 21.3. The molecule has 2 fully saturated rings. The number of benzene rings is 3. The van der Waals surface area contributed by atoms with Gasteiger partial charge in [0.15, 0.2) is 0 Å². The third-order valence-electron chi connectivity index (χ3n) is 6.61. The van der Waals surface area contributed by atoms with E-state index in [-0.39, 0.29) is 30.6 Å². The van der Waals surface area contributed by atoms with Crippen molar-refractivity contribution in [3.8, 4) is 0 Å².